The molecule has 0 saturated carbocycles. The van der Waals surface area contributed by atoms with Gasteiger partial charge in [0.25, 0.3) is 5.56 Å². The zero-order valence-electron chi connectivity index (χ0n) is 14.8. The van der Waals surface area contributed by atoms with Gasteiger partial charge in [-0.05, 0) is 18.8 Å². The number of aromatic nitrogens is 2. The van der Waals surface area contributed by atoms with Crippen LogP contribution in [0, 0.1) is 18.8 Å². The van der Waals surface area contributed by atoms with Gasteiger partial charge in [0.2, 0.25) is 15.9 Å². The van der Waals surface area contributed by atoms with Crippen molar-refractivity contribution < 1.29 is 13.2 Å². The van der Waals surface area contributed by atoms with E-state index in [1.807, 2.05) is 13.8 Å². The van der Waals surface area contributed by atoms with Gasteiger partial charge in [-0.3, -0.25) is 19.1 Å². The molecule has 2 N–H and O–H groups in total. The lowest BCUT2D eigenvalue weighted by Crippen LogP contribution is -2.42. The van der Waals surface area contributed by atoms with Crippen molar-refractivity contribution in [2.45, 2.75) is 33.4 Å². The third-order valence-corrected chi connectivity index (χ3v) is 5.17. The lowest BCUT2D eigenvalue weighted by Gasteiger charge is -2.21. The third kappa shape index (κ3) is 4.79. The SMILES string of the molecule is Cc1cn(CC(=O)N2C[C@@H](NS(C)(=O)=O)[C@H](C(C)C)C2)c(=O)[nH]c1=O. The molecule has 140 valence electrons. The summed E-state index contributed by atoms with van der Waals surface area (Å²) < 4.78 is 26.8. The highest BCUT2D eigenvalue weighted by molar-refractivity contribution is 7.88. The number of H-pyrrole nitrogens is 1. The predicted molar refractivity (Wildman–Crippen MR) is 92.7 cm³/mol. The molecule has 0 radical (unpaired) electrons. The number of sulfonamides is 1. The van der Waals surface area contributed by atoms with Crippen LogP contribution < -0.4 is 16.0 Å². The molecule has 1 saturated heterocycles. The molecular formula is C15H24N4O5S. The van der Waals surface area contributed by atoms with E-state index < -0.39 is 21.3 Å². The van der Waals surface area contributed by atoms with Crippen molar-refractivity contribution in [1.29, 1.82) is 0 Å². The number of rotatable bonds is 5. The summed E-state index contributed by atoms with van der Waals surface area (Å²) in [6.07, 6.45) is 2.44. The Kier molecular flexibility index (Phi) is 5.52. The van der Waals surface area contributed by atoms with E-state index in [1.165, 1.54) is 6.20 Å². The number of aromatic amines is 1. The molecule has 0 bridgehead atoms. The van der Waals surface area contributed by atoms with Crippen LogP contribution in [-0.4, -0.2) is 54.2 Å². The molecule has 1 aliphatic rings. The summed E-state index contributed by atoms with van der Waals surface area (Å²) in [5, 5.41) is 0. The van der Waals surface area contributed by atoms with Crippen LogP contribution in [-0.2, 0) is 21.4 Å². The van der Waals surface area contributed by atoms with Crippen molar-refractivity contribution >= 4 is 15.9 Å². The first-order valence-corrected chi connectivity index (χ1v) is 9.92. The van der Waals surface area contributed by atoms with Gasteiger partial charge in [-0.2, -0.15) is 0 Å². The summed E-state index contributed by atoms with van der Waals surface area (Å²) in [6, 6.07) is -0.354. The predicted octanol–water partition coefficient (Wildman–Crippen LogP) is -1.12. The quantitative estimate of drug-likeness (QED) is 0.678. The molecule has 1 aromatic rings. The van der Waals surface area contributed by atoms with Crippen LogP contribution in [0.15, 0.2) is 15.8 Å². The highest BCUT2D eigenvalue weighted by Crippen LogP contribution is 2.25. The standard InChI is InChI=1S/C15H24N4O5S/c1-9(2)11-6-18(7-12(11)17-25(4,23)24)13(20)8-19-5-10(3)14(21)16-15(19)22/h5,9,11-12,17H,6-8H2,1-4H3,(H,16,21,22)/t11-,12+/m0/s1. The average Bonchev–Trinajstić information content (AvgIpc) is 2.86. The van der Waals surface area contributed by atoms with E-state index in [0.29, 0.717) is 12.1 Å². The first-order chi connectivity index (χ1) is 11.5. The minimum atomic E-state index is -3.38. The molecule has 1 aromatic heterocycles. The molecule has 25 heavy (non-hydrogen) atoms. The van der Waals surface area contributed by atoms with E-state index in [0.717, 1.165) is 10.8 Å². The lowest BCUT2D eigenvalue weighted by molar-refractivity contribution is -0.131. The van der Waals surface area contributed by atoms with Gasteiger partial charge in [0, 0.05) is 30.9 Å². The Balaban J connectivity index is 2.16. The summed E-state index contributed by atoms with van der Waals surface area (Å²) >= 11 is 0. The average molecular weight is 372 g/mol. The maximum Gasteiger partial charge on any atom is 0.328 e. The Morgan fingerprint density at radius 3 is 2.56 bits per heavy atom. The van der Waals surface area contributed by atoms with Gasteiger partial charge < -0.3 is 4.90 Å². The molecule has 1 aliphatic heterocycles. The Morgan fingerprint density at radius 2 is 2.00 bits per heavy atom. The lowest BCUT2D eigenvalue weighted by atomic mass is 9.92. The van der Waals surface area contributed by atoms with Gasteiger partial charge >= 0.3 is 5.69 Å². The summed E-state index contributed by atoms with van der Waals surface area (Å²) in [5.41, 5.74) is -0.785. The zero-order valence-corrected chi connectivity index (χ0v) is 15.6. The number of carbonyl (C=O) groups excluding carboxylic acids is 1. The van der Waals surface area contributed by atoms with Crippen molar-refractivity contribution in [2.24, 2.45) is 11.8 Å². The second-order valence-electron chi connectivity index (χ2n) is 6.90. The van der Waals surface area contributed by atoms with Crippen LogP contribution in [0.25, 0.3) is 0 Å². The molecular weight excluding hydrogens is 348 g/mol. The van der Waals surface area contributed by atoms with Crippen molar-refractivity contribution in [3.8, 4) is 0 Å². The van der Waals surface area contributed by atoms with Crippen molar-refractivity contribution in [2.75, 3.05) is 19.3 Å². The van der Waals surface area contributed by atoms with E-state index >= 15 is 0 Å². The first-order valence-electron chi connectivity index (χ1n) is 8.03. The number of hydrogen-bond donors (Lipinski definition) is 2. The number of hydrogen-bond acceptors (Lipinski definition) is 5. The Hall–Kier alpha value is -1.94. The monoisotopic (exact) mass is 372 g/mol. The fourth-order valence-electron chi connectivity index (χ4n) is 3.09. The largest absolute Gasteiger partial charge is 0.339 e. The maximum absolute atomic E-state index is 12.5. The summed E-state index contributed by atoms with van der Waals surface area (Å²) in [7, 11) is -3.38. The molecule has 10 heteroatoms. The van der Waals surface area contributed by atoms with E-state index in [1.54, 1.807) is 11.8 Å². The first kappa shape index (κ1) is 19.4. The van der Waals surface area contributed by atoms with E-state index in [2.05, 4.69) is 9.71 Å². The molecule has 2 heterocycles. The van der Waals surface area contributed by atoms with Gasteiger partial charge in [-0.15, -0.1) is 0 Å². The molecule has 1 fully saturated rings. The zero-order chi connectivity index (χ0) is 18.9. The topological polar surface area (TPSA) is 121 Å². The molecule has 9 nitrogen and oxygen atoms in total. The molecule has 0 unspecified atom stereocenters. The van der Waals surface area contributed by atoms with Crippen LogP contribution in [0.3, 0.4) is 0 Å². The molecule has 0 aliphatic carbocycles. The van der Waals surface area contributed by atoms with E-state index in [-0.39, 0.29) is 36.9 Å². The fraction of sp³-hybridized carbons (Fsp3) is 0.667. The smallest absolute Gasteiger partial charge is 0.328 e. The van der Waals surface area contributed by atoms with Crippen LogP contribution in [0.5, 0.6) is 0 Å². The van der Waals surface area contributed by atoms with Crippen molar-refractivity contribution in [3.63, 3.8) is 0 Å². The minimum Gasteiger partial charge on any atom is -0.339 e. The number of aryl methyl sites for hydroxylation is 1. The summed E-state index contributed by atoms with van der Waals surface area (Å²) in [5.74, 6) is -0.111. The summed E-state index contributed by atoms with van der Waals surface area (Å²) in [6.45, 7) is 5.98. The Bertz CT molecular complexity index is 871. The minimum absolute atomic E-state index is 0.00675. The second-order valence-corrected chi connectivity index (χ2v) is 8.68. The van der Waals surface area contributed by atoms with E-state index in [4.69, 9.17) is 0 Å². The normalized spacial score (nSPS) is 21.1. The van der Waals surface area contributed by atoms with Gasteiger partial charge in [-0.25, -0.2) is 17.9 Å². The number of nitrogens with zero attached hydrogens (tertiary/aromatic N) is 2. The molecule has 2 rings (SSSR count). The molecule has 0 spiro atoms. The molecule has 0 aromatic carbocycles. The van der Waals surface area contributed by atoms with Crippen LogP contribution in [0.4, 0.5) is 0 Å². The number of nitrogens with one attached hydrogen (secondary N) is 2. The van der Waals surface area contributed by atoms with Gasteiger partial charge in [0.05, 0.1) is 6.26 Å². The van der Waals surface area contributed by atoms with Gasteiger partial charge in [-0.1, -0.05) is 13.8 Å². The van der Waals surface area contributed by atoms with Crippen LogP contribution >= 0.6 is 0 Å². The number of amides is 1. The highest BCUT2D eigenvalue weighted by atomic mass is 32.2. The van der Waals surface area contributed by atoms with Gasteiger partial charge in [0.15, 0.2) is 0 Å². The molecule has 2 atom stereocenters. The fourth-order valence-corrected chi connectivity index (χ4v) is 3.89. The van der Waals surface area contributed by atoms with Crippen LogP contribution in [0.2, 0.25) is 0 Å². The van der Waals surface area contributed by atoms with E-state index in [9.17, 15) is 22.8 Å². The number of carbonyl (C=O) groups is 1. The van der Waals surface area contributed by atoms with Crippen molar-refractivity contribution in [1.82, 2.24) is 19.2 Å². The number of likely N-dealkylation sites (tertiary alicyclic amines) is 1. The maximum atomic E-state index is 12.5. The van der Waals surface area contributed by atoms with Crippen LogP contribution in [0.1, 0.15) is 19.4 Å². The van der Waals surface area contributed by atoms with Crippen molar-refractivity contribution in [3.05, 3.63) is 32.6 Å². The van der Waals surface area contributed by atoms with Gasteiger partial charge in [0.1, 0.15) is 6.54 Å². The highest BCUT2D eigenvalue weighted by Gasteiger charge is 2.38. The molecule has 1 amide bonds. The Labute approximate surface area is 146 Å². The Morgan fingerprint density at radius 1 is 1.36 bits per heavy atom. The second kappa shape index (κ2) is 7.12. The summed E-state index contributed by atoms with van der Waals surface area (Å²) in [4.78, 5) is 39.5. The third-order valence-electron chi connectivity index (χ3n) is 4.43.